The Morgan fingerprint density at radius 1 is 1.06 bits per heavy atom. The monoisotopic (exact) mass is 447 g/mol. The number of anilines is 1. The van der Waals surface area contributed by atoms with Crippen molar-refractivity contribution in [2.24, 2.45) is 4.99 Å². The zero-order valence-electron chi connectivity index (χ0n) is 17.5. The van der Waals surface area contributed by atoms with E-state index in [1.54, 1.807) is 19.2 Å². The fraction of sp³-hybridized carbons (Fsp3) is 0.160. The van der Waals surface area contributed by atoms with Gasteiger partial charge in [0.15, 0.2) is 0 Å². The molecule has 4 rings (SSSR count). The summed E-state index contributed by atoms with van der Waals surface area (Å²) in [4.78, 5) is 32.1. The Balaban J connectivity index is 1.54. The van der Waals surface area contributed by atoms with Crippen molar-refractivity contribution in [2.45, 2.75) is 13.0 Å². The second kappa shape index (κ2) is 9.66. The summed E-state index contributed by atoms with van der Waals surface area (Å²) in [5.41, 5.74) is 3.54. The summed E-state index contributed by atoms with van der Waals surface area (Å²) in [5.74, 6) is 0.255. The molecule has 32 heavy (non-hydrogen) atoms. The highest BCUT2D eigenvalue weighted by Gasteiger charge is 2.26. The fourth-order valence-corrected chi connectivity index (χ4v) is 3.71. The van der Waals surface area contributed by atoms with Crippen molar-refractivity contribution in [1.82, 2.24) is 5.32 Å². The van der Waals surface area contributed by atoms with E-state index in [2.05, 4.69) is 5.32 Å². The molecule has 0 spiro atoms. The Bertz CT molecular complexity index is 1180. The van der Waals surface area contributed by atoms with Crippen LogP contribution < -0.4 is 15.0 Å². The molecule has 3 aromatic rings. The first kappa shape index (κ1) is 21.6. The predicted octanol–water partition coefficient (Wildman–Crippen LogP) is 4.52. The van der Waals surface area contributed by atoms with Gasteiger partial charge in [0.2, 0.25) is 11.8 Å². The van der Waals surface area contributed by atoms with Gasteiger partial charge in [-0.05, 0) is 53.6 Å². The van der Waals surface area contributed by atoms with Crippen molar-refractivity contribution in [3.8, 4) is 5.75 Å². The molecule has 1 aliphatic heterocycles. The van der Waals surface area contributed by atoms with E-state index in [9.17, 15) is 9.59 Å². The maximum Gasteiger partial charge on any atom is 0.240 e. The van der Waals surface area contributed by atoms with Crippen LogP contribution in [0.1, 0.15) is 17.5 Å². The summed E-state index contributed by atoms with van der Waals surface area (Å²) in [6, 6.07) is 22.1. The third kappa shape index (κ3) is 4.81. The van der Waals surface area contributed by atoms with Crippen LogP contribution in [0.15, 0.2) is 77.8 Å². The number of para-hydroxylation sites is 2. The SMILES string of the molecule is COc1ccc(C2=Nc3ccccc3N(CC(=O)NCc3ccccc3Cl)C(=O)C2)cc1. The molecule has 2 amide bonds. The van der Waals surface area contributed by atoms with Gasteiger partial charge in [0.05, 0.1) is 30.6 Å². The predicted molar refractivity (Wildman–Crippen MR) is 126 cm³/mol. The molecule has 6 nitrogen and oxygen atoms in total. The average Bonchev–Trinajstić information content (AvgIpc) is 2.95. The maximum absolute atomic E-state index is 13.2. The third-order valence-corrected chi connectivity index (χ3v) is 5.58. The number of aliphatic imine (C=N–C) groups is 1. The van der Waals surface area contributed by atoms with Gasteiger partial charge < -0.3 is 15.0 Å². The molecule has 0 aliphatic carbocycles. The van der Waals surface area contributed by atoms with E-state index in [0.717, 1.165) is 16.9 Å². The number of carbonyl (C=O) groups excluding carboxylic acids is 2. The van der Waals surface area contributed by atoms with E-state index in [1.165, 1.54) is 4.90 Å². The molecule has 0 radical (unpaired) electrons. The number of ether oxygens (including phenoxy) is 1. The van der Waals surface area contributed by atoms with E-state index in [-0.39, 0.29) is 31.3 Å². The first-order valence-corrected chi connectivity index (χ1v) is 10.5. The van der Waals surface area contributed by atoms with E-state index in [1.807, 2.05) is 60.7 Å². The summed E-state index contributed by atoms with van der Waals surface area (Å²) in [6.45, 7) is 0.182. The topological polar surface area (TPSA) is 71.0 Å². The van der Waals surface area contributed by atoms with E-state index in [0.29, 0.717) is 22.1 Å². The van der Waals surface area contributed by atoms with Crippen molar-refractivity contribution < 1.29 is 14.3 Å². The number of fused-ring (bicyclic) bond motifs is 1. The van der Waals surface area contributed by atoms with Gasteiger partial charge in [0.1, 0.15) is 12.3 Å². The Morgan fingerprint density at radius 3 is 2.53 bits per heavy atom. The zero-order chi connectivity index (χ0) is 22.5. The highest BCUT2D eigenvalue weighted by molar-refractivity contribution is 6.31. The molecule has 1 N–H and O–H groups in total. The summed E-state index contributed by atoms with van der Waals surface area (Å²) in [6.07, 6.45) is 0.0821. The molecule has 0 bridgehead atoms. The number of nitrogens with zero attached hydrogens (tertiary/aromatic N) is 2. The van der Waals surface area contributed by atoms with Crippen molar-refractivity contribution in [1.29, 1.82) is 0 Å². The second-order valence-corrected chi connectivity index (χ2v) is 7.71. The molecule has 0 saturated carbocycles. The summed E-state index contributed by atoms with van der Waals surface area (Å²) < 4.78 is 5.21. The number of amides is 2. The van der Waals surface area contributed by atoms with Crippen LogP contribution in [-0.2, 0) is 16.1 Å². The second-order valence-electron chi connectivity index (χ2n) is 7.30. The lowest BCUT2D eigenvalue weighted by atomic mass is 10.1. The highest BCUT2D eigenvalue weighted by atomic mass is 35.5. The summed E-state index contributed by atoms with van der Waals surface area (Å²) >= 11 is 6.17. The molecule has 162 valence electrons. The van der Waals surface area contributed by atoms with Crippen LogP contribution in [0.25, 0.3) is 0 Å². The van der Waals surface area contributed by atoms with Crippen LogP contribution in [0, 0.1) is 0 Å². The van der Waals surface area contributed by atoms with Crippen molar-refractivity contribution in [3.63, 3.8) is 0 Å². The molecule has 0 saturated heterocycles. The number of nitrogens with one attached hydrogen (secondary N) is 1. The van der Waals surface area contributed by atoms with Crippen LogP contribution in [0.3, 0.4) is 0 Å². The number of halogens is 1. The Labute approximate surface area is 191 Å². The van der Waals surface area contributed by atoms with Crippen molar-refractivity contribution >= 4 is 40.5 Å². The lowest BCUT2D eigenvalue weighted by Gasteiger charge is -2.22. The number of hydrogen-bond donors (Lipinski definition) is 1. The van der Waals surface area contributed by atoms with Crippen LogP contribution >= 0.6 is 11.6 Å². The van der Waals surface area contributed by atoms with E-state index in [4.69, 9.17) is 21.3 Å². The van der Waals surface area contributed by atoms with Crippen LogP contribution in [0.4, 0.5) is 11.4 Å². The normalized spacial score (nSPS) is 13.1. The third-order valence-electron chi connectivity index (χ3n) is 5.21. The molecular weight excluding hydrogens is 426 g/mol. The molecule has 0 fully saturated rings. The largest absolute Gasteiger partial charge is 0.497 e. The number of hydrogen-bond acceptors (Lipinski definition) is 4. The van der Waals surface area contributed by atoms with Gasteiger partial charge in [-0.15, -0.1) is 0 Å². The van der Waals surface area contributed by atoms with Gasteiger partial charge >= 0.3 is 0 Å². The minimum absolute atomic E-state index is 0.0821. The van der Waals surface area contributed by atoms with E-state index < -0.39 is 0 Å². The summed E-state index contributed by atoms with van der Waals surface area (Å²) in [5, 5.41) is 3.43. The van der Waals surface area contributed by atoms with Crippen molar-refractivity contribution in [3.05, 3.63) is 88.9 Å². The Morgan fingerprint density at radius 2 is 1.78 bits per heavy atom. The van der Waals surface area contributed by atoms with Gasteiger partial charge in [-0.25, -0.2) is 0 Å². The average molecular weight is 448 g/mol. The molecule has 1 aliphatic rings. The zero-order valence-corrected chi connectivity index (χ0v) is 18.3. The lowest BCUT2D eigenvalue weighted by Crippen LogP contribution is -2.41. The molecule has 0 unspecified atom stereocenters. The highest BCUT2D eigenvalue weighted by Crippen LogP contribution is 2.33. The van der Waals surface area contributed by atoms with Gasteiger partial charge in [-0.3, -0.25) is 14.6 Å². The minimum Gasteiger partial charge on any atom is -0.497 e. The van der Waals surface area contributed by atoms with E-state index >= 15 is 0 Å². The van der Waals surface area contributed by atoms with Gasteiger partial charge in [-0.2, -0.15) is 0 Å². The fourth-order valence-electron chi connectivity index (χ4n) is 3.50. The molecule has 0 atom stereocenters. The van der Waals surface area contributed by atoms with Gasteiger partial charge in [-0.1, -0.05) is 41.9 Å². The van der Waals surface area contributed by atoms with Crippen LogP contribution in [0.5, 0.6) is 5.75 Å². The smallest absolute Gasteiger partial charge is 0.240 e. The van der Waals surface area contributed by atoms with Gasteiger partial charge in [0.25, 0.3) is 0 Å². The Hall–Kier alpha value is -3.64. The molecule has 0 aromatic heterocycles. The number of methoxy groups -OCH3 is 1. The minimum atomic E-state index is -0.277. The first-order valence-electron chi connectivity index (χ1n) is 10.2. The van der Waals surface area contributed by atoms with Crippen LogP contribution in [-0.4, -0.2) is 31.2 Å². The first-order chi connectivity index (χ1) is 15.5. The number of carbonyl (C=O) groups is 2. The quantitative estimate of drug-likeness (QED) is 0.603. The lowest BCUT2D eigenvalue weighted by molar-refractivity contribution is -0.123. The maximum atomic E-state index is 13.2. The number of benzene rings is 3. The molecular formula is C25H22ClN3O3. The Kier molecular flexibility index (Phi) is 6.52. The number of rotatable bonds is 6. The molecule has 3 aromatic carbocycles. The standard InChI is InChI=1S/C25H22ClN3O3/c1-32-19-12-10-17(11-13-19)22-14-25(31)29(23-9-5-4-8-21(23)28-22)16-24(30)27-15-18-6-2-3-7-20(18)26/h2-13H,14-16H2,1H3,(H,27,30). The molecule has 1 heterocycles. The molecule has 7 heteroatoms. The summed E-state index contributed by atoms with van der Waals surface area (Å²) in [7, 11) is 1.60. The van der Waals surface area contributed by atoms with Gasteiger partial charge in [0, 0.05) is 11.6 Å². The van der Waals surface area contributed by atoms with Crippen LogP contribution in [0.2, 0.25) is 5.02 Å². The van der Waals surface area contributed by atoms with Crippen molar-refractivity contribution in [2.75, 3.05) is 18.6 Å².